The van der Waals surface area contributed by atoms with Gasteiger partial charge in [0.05, 0.1) is 6.61 Å². The highest BCUT2D eigenvalue weighted by Crippen LogP contribution is 2.39. The number of hydrogen-bond acceptors (Lipinski definition) is 1. The van der Waals surface area contributed by atoms with E-state index in [1.54, 1.807) is 0 Å². The van der Waals surface area contributed by atoms with E-state index in [-0.39, 0.29) is 5.41 Å². The van der Waals surface area contributed by atoms with E-state index in [0.29, 0.717) is 0 Å². The minimum atomic E-state index is 0.211. The topological polar surface area (TPSA) is 9.23 Å². The summed E-state index contributed by atoms with van der Waals surface area (Å²) in [6.45, 7) is 7.55. The van der Waals surface area contributed by atoms with E-state index >= 15 is 0 Å². The van der Waals surface area contributed by atoms with Gasteiger partial charge in [-0.3, -0.25) is 0 Å². The van der Waals surface area contributed by atoms with Crippen molar-refractivity contribution in [3.8, 4) is 5.75 Å². The molecule has 0 saturated carbocycles. The second kappa shape index (κ2) is 5.40. The van der Waals surface area contributed by atoms with Gasteiger partial charge in [-0.15, -0.1) is 0 Å². The minimum Gasteiger partial charge on any atom is -0.493 e. The number of ether oxygens (including phenoxy) is 1. The lowest BCUT2D eigenvalue weighted by atomic mass is 9.79. The molecule has 0 unspecified atom stereocenters. The van der Waals surface area contributed by atoms with Crippen molar-refractivity contribution in [2.75, 3.05) is 6.61 Å². The summed E-state index contributed by atoms with van der Waals surface area (Å²) in [6, 6.07) is 17.1. The van der Waals surface area contributed by atoms with Gasteiger partial charge in [0.1, 0.15) is 5.75 Å². The highest BCUT2D eigenvalue weighted by Gasteiger charge is 2.28. The van der Waals surface area contributed by atoms with Gasteiger partial charge in [-0.1, -0.05) is 62.4 Å². The van der Waals surface area contributed by atoms with Crippen molar-refractivity contribution in [3.63, 3.8) is 0 Å². The molecule has 0 bridgehead atoms. The first kappa shape index (κ1) is 13.9. The van der Waals surface area contributed by atoms with Gasteiger partial charge in [-0.2, -0.15) is 0 Å². The Kier molecular flexibility index (Phi) is 3.59. The normalized spacial score (nSPS) is 17.0. The molecule has 2 aromatic rings. The molecule has 21 heavy (non-hydrogen) atoms. The van der Waals surface area contributed by atoms with Gasteiger partial charge in [0, 0.05) is 0 Å². The fourth-order valence-electron chi connectivity index (χ4n) is 2.88. The van der Waals surface area contributed by atoms with Crippen LogP contribution >= 0.6 is 0 Å². The van der Waals surface area contributed by atoms with Crippen LogP contribution in [0.1, 0.15) is 43.9 Å². The second-order valence-corrected chi connectivity index (χ2v) is 6.43. The maximum absolute atomic E-state index is 5.87. The molecule has 108 valence electrons. The van der Waals surface area contributed by atoms with E-state index in [2.05, 4.69) is 69.3 Å². The van der Waals surface area contributed by atoms with E-state index < -0.39 is 0 Å². The Morgan fingerprint density at radius 2 is 1.86 bits per heavy atom. The van der Waals surface area contributed by atoms with Crippen LogP contribution in [0.15, 0.2) is 48.5 Å². The molecule has 0 aliphatic carbocycles. The first-order valence-electron chi connectivity index (χ1n) is 7.57. The van der Waals surface area contributed by atoms with Crippen LogP contribution < -0.4 is 4.74 Å². The Balaban J connectivity index is 1.96. The first-order valence-corrected chi connectivity index (χ1v) is 7.57. The number of rotatable bonds is 2. The molecule has 0 atom stereocenters. The summed E-state index contributed by atoms with van der Waals surface area (Å²) in [5.74, 6) is 1.05. The SMILES string of the molecule is C/C(=C\c1ccccc1)c1ccc2c(c1)OCCC2(C)C. The monoisotopic (exact) mass is 278 g/mol. The van der Waals surface area contributed by atoms with E-state index in [4.69, 9.17) is 4.74 Å². The fourth-order valence-corrected chi connectivity index (χ4v) is 2.88. The molecule has 0 N–H and O–H groups in total. The van der Waals surface area contributed by atoms with Crippen LogP contribution in [0.3, 0.4) is 0 Å². The first-order chi connectivity index (χ1) is 10.1. The third kappa shape index (κ3) is 2.87. The molecule has 1 nitrogen and oxygen atoms in total. The Labute approximate surface area is 127 Å². The maximum Gasteiger partial charge on any atom is 0.123 e. The predicted octanol–water partition coefficient (Wildman–Crippen LogP) is 5.31. The summed E-state index contributed by atoms with van der Waals surface area (Å²) in [4.78, 5) is 0. The minimum absolute atomic E-state index is 0.211. The molecule has 1 heterocycles. The van der Waals surface area contributed by atoms with Crippen LogP contribution in [0.25, 0.3) is 11.6 Å². The van der Waals surface area contributed by atoms with Crippen LogP contribution in [0.5, 0.6) is 5.75 Å². The summed E-state index contributed by atoms with van der Waals surface area (Å²) in [5.41, 5.74) is 5.26. The third-order valence-electron chi connectivity index (χ3n) is 4.33. The zero-order chi connectivity index (χ0) is 14.9. The van der Waals surface area contributed by atoms with Crippen molar-refractivity contribution in [3.05, 3.63) is 65.2 Å². The largest absolute Gasteiger partial charge is 0.493 e. The lowest BCUT2D eigenvalue weighted by molar-refractivity contribution is 0.234. The predicted molar refractivity (Wildman–Crippen MR) is 89.6 cm³/mol. The molecular weight excluding hydrogens is 256 g/mol. The standard InChI is InChI=1S/C20H22O/c1-15(13-16-7-5-4-6-8-16)17-9-10-18-19(14-17)21-12-11-20(18,2)3/h4-10,13-14H,11-12H2,1-3H3/b15-13+. The van der Waals surface area contributed by atoms with Gasteiger partial charge >= 0.3 is 0 Å². The molecule has 0 spiro atoms. The van der Waals surface area contributed by atoms with Crippen LogP contribution in [0.4, 0.5) is 0 Å². The van der Waals surface area contributed by atoms with E-state index in [0.717, 1.165) is 18.8 Å². The van der Waals surface area contributed by atoms with Crippen molar-refractivity contribution >= 4 is 11.6 Å². The van der Waals surface area contributed by atoms with Crippen LogP contribution in [-0.4, -0.2) is 6.61 Å². The summed E-state index contributed by atoms with van der Waals surface area (Å²) in [6.07, 6.45) is 3.30. The summed E-state index contributed by atoms with van der Waals surface area (Å²) < 4.78 is 5.87. The van der Waals surface area contributed by atoms with Gasteiger partial charge in [-0.25, -0.2) is 0 Å². The number of allylic oxidation sites excluding steroid dienone is 1. The average molecular weight is 278 g/mol. The molecule has 0 radical (unpaired) electrons. The molecule has 2 aromatic carbocycles. The smallest absolute Gasteiger partial charge is 0.123 e. The average Bonchev–Trinajstić information content (AvgIpc) is 2.47. The molecule has 0 aromatic heterocycles. The number of hydrogen-bond donors (Lipinski definition) is 0. The van der Waals surface area contributed by atoms with Crippen molar-refractivity contribution in [1.82, 2.24) is 0 Å². The van der Waals surface area contributed by atoms with Crippen molar-refractivity contribution in [2.24, 2.45) is 0 Å². The molecule has 1 heteroatoms. The van der Waals surface area contributed by atoms with E-state index in [1.807, 2.05) is 6.07 Å². The molecule has 3 rings (SSSR count). The van der Waals surface area contributed by atoms with Crippen LogP contribution in [-0.2, 0) is 5.41 Å². The molecule has 0 saturated heterocycles. The van der Waals surface area contributed by atoms with Crippen molar-refractivity contribution < 1.29 is 4.74 Å². The molecule has 0 amide bonds. The molecule has 1 aliphatic heterocycles. The molecular formula is C20H22O. The van der Waals surface area contributed by atoms with Gasteiger partial charge in [0.2, 0.25) is 0 Å². The summed E-state index contributed by atoms with van der Waals surface area (Å²) in [7, 11) is 0. The Bertz CT molecular complexity index is 665. The third-order valence-corrected chi connectivity index (χ3v) is 4.33. The highest BCUT2D eigenvalue weighted by molar-refractivity contribution is 5.80. The highest BCUT2D eigenvalue weighted by atomic mass is 16.5. The van der Waals surface area contributed by atoms with Gasteiger partial charge < -0.3 is 4.74 Å². The molecule has 0 fully saturated rings. The van der Waals surface area contributed by atoms with E-state index in [1.165, 1.54) is 22.3 Å². The maximum atomic E-state index is 5.87. The number of benzene rings is 2. The zero-order valence-electron chi connectivity index (χ0n) is 13.0. The number of fused-ring (bicyclic) bond motifs is 1. The quantitative estimate of drug-likeness (QED) is 0.677. The summed E-state index contributed by atoms with van der Waals surface area (Å²) in [5, 5.41) is 0. The fraction of sp³-hybridized carbons (Fsp3) is 0.300. The van der Waals surface area contributed by atoms with Crippen molar-refractivity contribution in [2.45, 2.75) is 32.6 Å². The summed E-state index contributed by atoms with van der Waals surface area (Å²) >= 11 is 0. The Morgan fingerprint density at radius 1 is 1.10 bits per heavy atom. The Morgan fingerprint density at radius 3 is 2.62 bits per heavy atom. The Hall–Kier alpha value is -2.02. The molecule has 1 aliphatic rings. The second-order valence-electron chi connectivity index (χ2n) is 6.43. The van der Waals surface area contributed by atoms with E-state index in [9.17, 15) is 0 Å². The van der Waals surface area contributed by atoms with Gasteiger partial charge in [-0.05, 0) is 47.1 Å². The zero-order valence-corrected chi connectivity index (χ0v) is 13.0. The van der Waals surface area contributed by atoms with Gasteiger partial charge in [0.15, 0.2) is 0 Å². The van der Waals surface area contributed by atoms with Crippen LogP contribution in [0, 0.1) is 0 Å². The van der Waals surface area contributed by atoms with Crippen molar-refractivity contribution in [1.29, 1.82) is 0 Å². The lowest BCUT2D eigenvalue weighted by Gasteiger charge is -2.32. The lowest BCUT2D eigenvalue weighted by Crippen LogP contribution is -2.26. The van der Waals surface area contributed by atoms with Crippen LogP contribution in [0.2, 0.25) is 0 Å². The van der Waals surface area contributed by atoms with Gasteiger partial charge in [0.25, 0.3) is 0 Å².